The second-order valence-corrected chi connectivity index (χ2v) is 9.40. The number of carbonyl (C=O) groups excluding carboxylic acids is 3. The van der Waals surface area contributed by atoms with Crippen LogP contribution in [0.2, 0.25) is 0 Å². The molecule has 1 fully saturated rings. The predicted octanol–water partition coefficient (Wildman–Crippen LogP) is 1.01. The average molecular weight is 615 g/mol. The van der Waals surface area contributed by atoms with Crippen LogP contribution in [-0.2, 0) is 23.7 Å². The van der Waals surface area contributed by atoms with Crippen molar-refractivity contribution in [2.45, 2.75) is 30.7 Å². The normalized spacial score (nSPS) is 21.5. The second kappa shape index (κ2) is 13.2. The SMILES string of the molecule is O=C(/C=C\c1ccccc1)OC1C(OC(=O)c2cc(O)c(O)c(O)c2)OC(COC(=O)c2cc(O)c(O)c(O)c2)C(O)C1O. The fraction of sp³-hybridized carbons (Fsp3) is 0.207. The number of rotatable bonds is 8. The highest BCUT2D eigenvalue weighted by Crippen LogP contribution is 2.37. The Labute approximate surface area is 247 Å². The number of hydrogen-bond donors (Lipinski definition) is 8. The molecule has 1 heterocycles. The number of esters is 3. The van der Waals surface area contributed by atoms with Crippen molar-refractivity contribution in [1.29, 1.82) is 0 Å². The molecule has 1 saturated heterocycles. The summed E-state index contributed by atoms with van der Waals surface area (Å²) in [5.41, 5.74) is -0.279. The van der Waals surface area contributed by atoms with Gasteiger partial charge in [-0.25, -0.2) is 14.4 Å². The molecule has 5 unspecified atom stereocenters. The summed E-state index contributed by atoms with van der Waals surface area (Å²) < 4.78 is 21.0. The Balaban J connectivity index is 1.54. The van der Waals surface area contributed by atoms with Crippen LogP contribution in [-0.4, -0.2) is 96.1 Å². The van der Waals surface area contributed by atoms with Crippen LogP contribution in [0, 0.1) is 0 Å². The van der Waals surface area contributed by atoms with Crippen LogP contribution in [0.5, 0.6) is 34.5 Å². The van der Waals surface area contributed by atoms with Crippen LogP contribution < -0.4 is 0 Å². The lowest BCUT2D eigenvalue weighted by Crippen LogP contribution is -2.61. The van der Waals surface area contributed by atoms with Gasteiger partial charge in [0.15, 0.2) is 40.6 Å². The molecule has 3 aromatic carbocycles. The molecule has 44 heavy (non-hydrogen) atoms. The third kappa shape index (κ3) is 7.09. The van der Waals surface area contributed by atoms with Gasteiger partial charge in [0.2, 0.25) is 6.29 Å². The van der Waals surface area contributed by atoms with Crippen LogP contribution in [0.3, 0.4) is 0 Å². The van der Waals surface area contributed by atoms with Gasteiger partial charge in [-0.05, 0) is 35.9 Å². The quantitative estimate of drug-likeness (QED) is 0.0763. The minimum Gasteiger partial charge on any atom is -0.504 e. The van der Waals surface area contributed by atoms with Gasteiger partial charge in [0.1, 0.15) is 24.9 Å². The molecule has 3 aromatic rings. The number of ether oxygens (including phenoxy) is 4. The Morgan fingerprint density at radius 3 is 1.80 bits per heavy atom. The second-order valence-electron chi connectivity index (χ2n) is 9.40. The highest BCUT2D eigenvalue weighted by molar-refractivity contribution is 5.92. The molecule has 0 radical (unpaired) electrons. The van der Waals surface area contributed by atoms with Gasteiger partial charge in [0, 0.05) is 6.08 Å². The summed E-state index contributed by atoms with van der Waals surface area (Å²) in [5, 5.41) is 79.3. The standard InChI is InChI=1S/C29H26O15/c30-16-8-14(9-17(31)22(16)35)27(39)41-12-20-24(37)25(38)26(43-21(34)7-6-13-4-2-1-3-5-13)29(42-20)44-28(40)15-10-18(32)23(36)19(33)11-15/h1-11,20,24-26,29-33,35-38H,12H2/b7-6-. The molecule has 0 spiro atoms. The van der Waals surface area contributed by atoms with Gasteiger partial charge in [-0.1, -0.05) is 30.3 Å². The summed E-state index contributed by atoms with van der Waals surface area (Å²) in [5.74, 6) is -8.69. The Hall–Kier alpha value is -5.51. The van der Waals surface area contributed by atoms with Crippen molar-refractivity contribution in [3.63, 3.8) is 0 Å². The molecule has 5 atom stereocenters. The van der Waals surface area contributed by atoms with Crippen LogP contribution in [0.25, 0.3) is 6.08 Å². The summed E-state index contributed by atoms with van der Waals surface area (Å²) in [6.45, 7) is -0.803. The van der Waals surface area contributed by atoms with Crippen LogP contribution in [0.4, 0.5) is 0 Å². The first kappa shape index (κ1) is 31.4. The van der Waals surface area contributed by atoms with E-state index in [9.17, 15) is 55.2 Å². The van der Waals surface area contributed by atoms with E-state index in [1.165, 1.54) is 6.08 Å². The maximum atomic E-state index is 12.9. The van der Waals surface area contributed by atoms with Crippen LogP contribution >= 0.6 is 0 Å². The average Bonchev–Trinajstić information content (AvgIpc) is 3.00. The van der Waals surface area contributed by atoms with Crippen LogP contribution in [0.15, 0.2) is 60.7 Å². The summed E-state index contributed by atoms with van der Waals surface area (Å²) in [4.78, 5) is 37.9. The minimum absolute atomic E-state index is 0.407. The maximum Gasteiger partial charge on any atom is 0.340 e. The topological polar surface area (TPSA) is 250 Å². The Morgan fingerprint density at radius 2 is 1.25 bits per heavy atom. The van der Waals surface area contributed by atoms with E-state index in [1.807, 2.05) is 0 Å². The monoisotopic (exact) mass is 614 g/mol. The van der Waals surface area contributed by atoms with Crippen molar-refractivity contribution in [3.05, 3.63) is 77.4 Å². The van der Waals surface area contributed by atoms with E-state index in [0.29, 0.717) is 5.56 Å². The number of phenolic OH excluding ortho intramolecular Hbond substituents is 6. The summed E-state index contributed by atoms with van der Waals surface area (Å²) in [6.07, 6.45) is -6.90. The number of phenols is 6. The van der Waals surface area contributed by atoms with Crippen molar-refractivity contribution >= 4 is 24.0 Å². The zero-order valence-electron chi connectivity index (χ0n) is 22.4. The van der Waals surface area contributed by atoms with E-state index in [4.69, 9.17) is 18.9 Å². The lowest BCUT2D eigenvalue weighted by Gasteiger charge is -2.41. The molecule has 8 N–H and O–H groups in total. The number of aliphatic hydroxyl groups excluding tert-OH is 2. The maximum absolute atomic E-state index is 12.9. The highest BCUT2D eigenvalue weighted by atomic mass is 16.7. The van der Waals surface area contributed by atoms with E-state index >= 15 is 0 Å². The third-order valence-corrected chi connectivity index (χ3v) is 6.32. The fourth-order valence-electron chi connectivity index (χ4n) is 4.02. The largest absolute Gasteiger partial charge is 0.504 e. The number of aromatic hydroxyl groups is 6. The number of aliphatic hydroxyl groups is 2. The first-order chi connectivity index (χ1) is 20.8. The Bertz CT molecular complexity index is 1520. The first-order valence-corrected chi connectivity index (χ1v) is 12.7. The zero-order valence-corrected chi connectivity index (χ0v) is 22.4. The van der Waals surface area contributed by atoms with Crippen molar-refractivity contribution in [1.82, 2.24) is 0 Å². The molecule has 232 valence electrons. The number of carbonyl (C=O) groups is 3. The first-order valence-electron chi connectivity index (χ1n) is 12.7. The highest BCUT2D eigenvalue weighted by Gasteiger charge is 2.49. The van der Waals surface area contributed by atoms with Gasteiger partial charge in [0.25, 0.3) is 0 Å². The predicted molar refractivity (Wildman–Crippen MR) is 145 cm³/mol. The summed E-state index contributed by atoms with van der Waals surface area (Å²) in [7, 11) is 0. The van der Waals surface area contributed by atoms with Gasteiger partial charge in [-0.15, -0.1) is 0 Å². The summed E-state index contributed by atoms with van der Waals surface area (Å²) >= 11 is 0. The van der Waals surface area contributed by atoms with E-state index < -0.39 is 101 Å². The smallest absolute Gasteiger partial charge is 0.340 e. The van der Waals surface area contributed by atoms with E-state index in [0.717, 1.165) is 30.3 Å². The molecule has 1 aliphatic heterocycles. The van der Waals surface area contributed by atoms with Gasteiger partial charge in [-0.2, -0.15) is 0 Å². The molecule has 4 rings (SSSR count). The summed E-state index contributed by atoms with van der Waals surface area (Å²) in [6, 6.07) is 11.6. The Morgan fingerprint density at radius 1 is 0.727 bits per heavy atom. The molecule has 0 aromatic heterocycles. The van der Waals surface area contributed by atoms with Gasteiger partial charge in [-0.3, -0.25) is 0 Å². The molecule has 0 saturated carbocycles. The zero-order chi connectivity index (χ0) is 32.1. The third-order valence-electron chi connectivity index (χ3n) is 6.32. The van der Waals surface area contributed by atoms with Gasteiger partial charge in [0.05, 0.1) is 11.1 Å². The van der Waals surface area contributed by atoms with Gasteiger partial charge >= 0.3 is 17.9 Å². The molecule has 15 nitrogen and oxygen atoms in total. The molecule has 0 bridgehead atoms. The minimum atomic E-state index is -1.98. The van der Waals surface area contributed by atoms with E-state index in [-0.39, 0.29) is 0 Å². The fourth-order valence-corrected chi connectivity index (χ4v) is 4.02. The lowest BCUT2D eigenvalue weighted by atomic mass is 9.99. The van der Waals surface area contributed by atoms with E-state index in [1.54, 1.807) is 30.3 Å². The van der Waals surface area contributed by atoms with Crippen molar-refractivity contribution in [2.75, 3.05) is 6.61 Å². The lowest BCUT2D eigenvalue weighted by molar-refractivity contribution is -0.288. The molecule has 1 aliphatic rings. The van der Waals surface area contributed by atoms with Crippen molar-refractivity contribution in [3.8, 4) is 34.5 Å². The Kier molecular flexibility index (Phi) is 9.43. The molecule has 15 heteroatoms. The van der Waals surface area contributed by atoms with E-state index in [2.05, 4.69) is 0 Å². The molecule has 0 amide bonds. The van der Waals surface area contributed by atoms with Crippen LogP contribution in [0.1, 0.15) is 26.3 Å². The molecule has 0 aliphatic carbocycles. The van der Waals surface area contributed by atoms with Gasteiger partial charge < -0.3 is 59.8 Å². The molecular weight excluding hydrogens is 588 g/mol. The van der Waals surface area contributed by atoms with Crippen molar-refractivity contribution in [2.24, 2.45) is 0 Å². The number of hydrogen-bond acceptors (Lipinski definition) is 15. The van der Waals surface area contributed by atoms with Crippen molar-refractivity contribution < 1.29 is 74.2 Å². The molecular formula is C29H26O15. The number of benzene rings is 3.